The van der Waals surface area contributed by atoms with E-state index in [0.29, 0.717) is 5.92 Å². The second-order valence-corrected chi connectivity index (χ2v) is 3.98. The standard InChI is InChI=1S/C12H19N/c1-4-10-8-12(13)6-5-11(10)7-9(2)3/h5-6,8-9H,4,7,13H2,1-3H3. The molecule has 2 N–H and O–H groups in total. The van der Waals surface area contributed by atoms with Crippen molar-refractivity contribution in [1.82, 2.24) is 0 Å². The Morgan fingerprint density at radius 3 is 2.46 bits per heavy atom. The molecule has 0 aliphatic heterocycles. The van der Waals surface area contributed by atoms with E-state index in [-0.39, 0.29) is 0 Å². The number of anilines is 1. The first-order valence-electron chi connectivity index (χ1n) is 5.00. The van der Waals surface area contributed by atoms with Crippen molar-refractivity contribution in [1.29, 1.82) is 0 Å². The minimum atomic E-state index is 0.717. The molecule has 0 radical (unpaired) electrons. The van der Waals surface area contributed by atoms with E-state index in [1.807, 2.05) is 6.07 Å². The molecule has 1 rings (SSSR count). The summed E-state index contributed by atoms with van der Waals surface area (Å²) in [6.45, 7) is 6.67. The SMILES string of the molecule is CCc1cc(N)ccc1CC(C)C. The zero-order chi connectivity index (χ0) is 9.84. The summed E-state index contributed by atoms with van der Waals surface area (Å²) >= 11 is 0. The van der Waals surface area contributed by atoms with Crippen molar-refractivity contribution in [3.05, 3.63) is 29.3 Å². The number of benzene rings is 1. The lowest BCUT2D eigenvalue weighted by Gasteiger charge is -2.10. The number of nitrogen functional groups attached to an aromatic ring is 1. The lowest BCUT2D eigenvalue weighted by atomic mass is 9.96. The van der Waals surface area contributed by atoms with Gasteiger partial charge in [0.1, 0.15) is 0 Å². The van der Waals surface area contributed by atoms with Crippen molar-refractivity contribution in [3.63, 3.8) is 0 Å². The Hall–Kier alpha value is -0.980. The Bertz CT molecular complexity index is 276. The molecule has 13 heavy (non-hydrogen) atoms. The van der Waals surface area contributed by atoms with E-state index in [1.165, 1.54) is 11.1 Å². The Morgan fingerprint density at radius 1 is 1.23 bits per heavy atom. The third-order valence-electron chi connectivity index (χ3n) is 2.24. The van der Waals surface area contributed by atoms with Crippen LogP contribution in [0.15, 0.2) is 18.2 Å². The van der Waals surface area contributed by atoms with Gasteiger partial charge in [-0.2, -0.15) is 0 Å². The third kappa shape index (κ3) is 2.76. The second kappa shape index (κ2) is 4.31. The van der Waals surface area contributed by atoms with Crippen LogP contribution in [-0.2, 0) is 12.8 Å². The molecule has 0 bridgehead atoms. The van der Waals surface area contributed by atoms with Crippen LogP contribution in [0.25, 0.3) is 0 Å². The van der Waals surface area contributed by atoms with E-state index in [4.69, 9.17) is 5.73 Å². The first-order chi connectivity index (χ1) is 6.13. The zero-order valence-electron chi connectivity index (χ0n) is 8.80. The molecule has 1 heteroatoms. The Morgan fingerprint density at radius 2 is 1.92 bits per heavy atom. The summed E-state index contributed by atoms with van der Waals surface area (Å²) in [7, 11) is 0. The first kappa shape index (κ1) is 10.1. The highest BCUT2D eigenvalue weighted by atomic mass is 14.5. The van der Waals surface area contributed by atoms with Crippen LogP contribution < -0.4 is 5.73 Å². The molecule has 0 aliphatic rings. The quantitative estimate of drug-likeness (QED) is 0.706. The smallest absolute Gasteiger partial charge is 0.0316 e. The van der Waals surface area contributed by atoms with Gasteiger partial charge in [-0.15, -0.1) is 0 Å². The molecule has 0 spiro atoms. The van der Waals surface area contributed by atoms with Gasteiger partial charge in [0.15, 0.2) is 0 Å². The van der Waals surface area contributed by atoms with Crippen LogP contribution in [0.2, 0.25) is 0 Å². The Balaban J connectivity index is 2.92. The van der Waals surface area contributed by atoms with Crippen LogP contribution in [0.3, 0.4) is 0 Å². The predicted octanol–water partition coefficient (Wildman–Crippen LogP) is 3.03. The van der Waals surface area contributed by atoms with E-state index in [9.17, 15) is 0 Å². The fraction of sp³-hybridized carbons (Fsp3) is 0.500. The molecule has 72 valence electrons. The van der Waals surface area contributed by atoms with Crippen LogP contribution in [0, 0.1) is 5.92 Å². The molecular formula is C12H19N. The average Bonchev–Trinajstić information content (AvgIpc) is 2.07. The molecule has 0 saturated heterocycles. The summed E-state index contributed by atoms with van der Waals surface area (Å²) in [6.07, 6.45) is 2.23. The molecule has 0 aliphatic carbocycles. The van der Waals surface area contributed by atoms with E-state index < -0.39 is 0 Å². The summed E-state index contributed by atoms with van der Waals surface area (Å²) in [4.78, 5) is 0. The highest BCUT2D eigenvalue weighted by molar-refractivity contribution is 5.44. The summed E-state index contributed by atoms with van der Waals surface area (Å²) in [5, 5.41) is 0. The van der Waals surface area contributed by atoms with Gasteiger partial charge in [-0.3, -0.25) is 0 Å². The fourth-order valence-corrected chi connectivity index (χ4v) is 1.61. The van der Waals surface area contributed by atoms with Gasteiger partial charge in [0.05, 0.1) is 0 Å². The molecule has 0 atom stereocenters. The molecule has 0 saturated carbocycles. The third-order valence-corrected chi connectivity index (χ3v) is 2.24. The maximum Gasteiger partial charge on any atom is 0.0316 e. The predicted molar refractivity (Wildman–Crippen MR) is 58.8 cm³/mol. The van der Waals surface area contributed by atoms with Crippen LogP contribution in [-0.4, -0.2) is 0 Å². The monoisotopic (exact) mass is 177 g/mol. The number of hydrogen-bond donors (Lipinski definition) is 1. The van der Waals surface area contributed by atoms with E-state index in [0.717, 1.165) is 18.5 Å². The lowest BCUT2D eigenvalue weighted by molar-refractivity contribution is 0.643. The second-order valence-electron chi connectivity index (χ2n) is 3.98. The van der Waals surface area contributed by atoms with Crippen LogP contribution in [0.5, 0.6) is 0 Å². The molecule has 1 aromatic rings. The van der Waals surface area contributed by atoms with Gasteiger partial charge in [0.25, 0.3) is 0 Å². The Kier molecular flexibility index (Phi) is 3.35. The molecule has 0 heterocycles. The molecule has 0 aromatic heterocycles. The van der Waals surface area contributed by atoms with Crippen molar-refractivity contribution in [2.75, 3.05) is 5.73 Å². The molecule has 0 fully saturated rings. The normalized spacial score (nSPS) is 10.8. The van der Waals surface area contributed by atoms with Crippen LogP contribution >= 0.6 is 0 Å². The maximum atomic E-state index is 5.73. The molecule has 1 nitrogen and oxygen atoms in total. The van der Waals surface area contributed by atoms with Gasteiger partial charge < -0.3 is 5.73 Å². The van der Waals surface area contributed by atoms with Crippen LogP contribution in [0.1, 0.15) is 31.9 Å². The highest BCUT2D eigenvalue weighted by Crippen LogP contribution is 2.17. The van der Waals surface area contributed by atoms with Crippen molar-refractivity contribution >= 4 is 5.69 Å². The molecule has 1 aromatic carbocycles. The van der Waals surface area contributed by atoms with Gasteiger partial charge >= 0.3 is 0 Å². The largest absolute Gasteiger partial charge is 0.399 e. The van der Waals surface area contributed by atoms with Gasteiger partial charge in [-0.1, -0.05) is 26.8 Å². The van der Waals surface area contributed by atoms with Gasteiger partial charge in [-0.05, 0) is 42.0 Å². The lowest BCUT2D eigenvalue weighted by Crippen LogP contribution is -1.99. The van der Waals surface area contributed by atoms with Crippen molar-refractivity contribution < 1.29 is 0 Å². The molecular weight excluding hydrogens is 158 g/mol. The summed E-state index contributed by atoms with van der Waals surface area (Å²) in [5.41, 5.74) is 9.46. The van der Waals surface area contributed by atoms with Gasteiger partial charge in [-0.25, -0.2) is 0 Å². The van der Waals surface area contributed by atoms with Gasteiger partial charge in [0.2, 0.25) is 0 Å². The number of hydrogen-bond acceptors (Lipinski definition) is 1. The fourth-order valence-electron chi connectivity index (χ4n) is 1.61. The molecule has 0 unspecified atom stereocenters. The first-order valence-corrected chi connectivity index (χ1v) is 5.00. The van der Waals surface area contributed by atoms with Gasteiger partial charge in [0, 0.05) is 5.69 Å². The minimum absolute atomic E-state index is 0.717. The zero-order valence-corrected chi connectivity index (χ0v) is 8.80. The Labute approximate surface area is 81.0 Å². The summed E-state index contributed by atoms with van der Waals surface area (Å²) < 4.78 is 0. The van der Waals surface area contributed by atoms with E-state index in [1.54, 1.807) is 0 Å². The van der Waals surface area contributed by atoms with E-state index in [2.05, 4.69) is 32.9 Å². The number of aryl methyl sites for hydroxylation is 1. The summed E-state index contributed by atoms with van der Waals surface area (Å²) in [5.74, 6) is 0.717. The van der Waals surface area contributed by atoms with Crippen molar-refractivity contribution in [2.24, 2.45) is 5.92 Å². The molecule has 0 amide bonds. The van der Waals surface area contributed by atoms with Crippen LogP contribution in [0.4, 0.5) is 5.69 Å². The van der Waals surface area contributed by atoms with Crippen molar-refractivity contribution in [2.45, 2.75) is 33.6 Å². The van der Waals surface area contributed by atoms with Crippen molar-refractivity contribution in [3.8, 4) is 0 Å². The highest BCUT2D eigenvalue weighted by Gasteiger charge is 2.03. The summed E-state index contributed by atoms with van der Waals surface area (Å²) in [6, 6.07) is 6.25. The maximum absolute atomic E-state index is 5.73. The minimum Gasteiger partial charge on any atom is -0.399 e. The number of nitrogens with two attached hydrogens (primary N) is 1. The topological polar surface area (TPSA) is 26.0 Å². The van der Waals surface area contributed by atoms with E-state index >= 15 is 0 Å². The average molecular weight is 177 g/mol. The number of rotatable bonds is 3.